The third-order valence-electron chi connectivity index (χ3n) is 2.58. The summed E-state index contributed by atoms with van der Waals surface area (Å²) in [4.78, 5) is 20.6. The van der Waals surface area contributed by atoms with E-state index < -0.39 is 11.1 Å². The summed E-state index contributed by atoms with van der Waals surface area (Å²) in [7, 11) is 0. The molecular weight excluding hydrogens is 240 g/mol. The maximum Gasteiger partial charge on any atom is 0.229 e. The van der Waals surface area contributed by atoms with E-state index in [0.29, 0.717) is 13.1 Å². The van der Waals surface area contributed by atoms with Gasteiger partial charge in [-0.15, -0.1) is 0 Å². The number of nitrogens with one attached hydrogen (secondary N) is 2. The van der Waals surface area contributed by atoms with Gasteiger partial charge in [-0.25, -0.2) is 0 Å². The molecule has 0 heterocycles. The van der Waals surface area contributed by atoms with Crippen molar-refractivity contribution < 1.29 is 9.85 Å². The van der Waals surface area contributed by atoms with Gasteiger partial charge in [0.15, 0.2) is 0 Å². The molecule has 106 valence electrons. The summed E-state index contributed by atoms with van der Waals surface area (Å²) in [6, 6.07) is 0. The molecule has 0 fully saturated rings. The predicted octanol–water partition coefficient (Wildman–Crippen LogP) is 0.276. The summed E-state index contributed by atoms with van der Waals surface area (Å²) in [6.07, 6.45) is 0. The van der Waals surface area contributed by atoms with Crippen LogP contribution in [0.25, 0.3) is 0 Å². The molecule has 18 heavy (non-hydrogen) atoms. The molecule has 0 saturated carbocycles. The van der Waals surface area contributed by atoms with Crippen LogP contribution in [0.2, 0.25) is 0 Å². The van der Waals surface area contributed by atoms with Gasteiger partial charge < -0.3 is 10.6 Å². The molecule has 0 spiro atoms. The van der Waals surface area contributed by atoms with Crippen molar-refractivity contribution in [2.75, 3.05) is 26.2 Å². The summed E-state index contributed by atoms with van der Waals surface area (Å²) in [5.74, 6) is 0. The maximum atomic E-state index is 10.6. The lowest BCUT2D eigenvalue weighted by Crippen LogP contribution is -2.46. The smallest absolute Gasteiger partial charge is 0.229 e. The van der Waals surface area contributed by atoms with Crippen molar-refractivity contribution in [3.8, 4) is 0 Å². The van der Waals surface area contributed by atoms with E-state index in [1.807, 2.05) is 0 Å². The molecule has 0 aromatic carbocycles. The highest BCUT2D eigenvalue weighted by molar-refractivity contribution is 4.72. The van der Waals surface area contributed by atoms with Crippen LogP contribution < -0.4 is 10.6 Å². The van der Waals surface area contributed by atoms with E-state index in [2.05, 4.69) is 10.6 Å². The zero-order valence-corrected chi connectivity index (χ0v) is 11.4. The van der Waals surface area contributed by atoms with Gasteiger partial charge in [0.25, 0.3) is 0 Å². The molecule has 2 N–H and O–H groups in total. The summed E-state index contributed by atoms with van der Waals surface area (Å²) in [5.41, 5.74) is -2.00. The lowest BCUT2D eigenvalue weighted by Gasteiger charge is -2.18. The topological polar surface area (TPSA) is 110 Å². The van der Waals surface area contributed by atoms with Crippen molar-refractivity contribution in [2.45, 2.75) is 38.8 Å². The van der Waals surface area contributed by atoms with Crippen LogP contribution in [0.15, 0.2) is 0 Å². The van der Waals surface area contributed by atoms with Crippen LogP contribution in [0.5, 0.6) is 0 Å². The fourth-order valence-electron chi connectivity index (χ4n) is 1.09. The number of hydrogen-bond acceptors (Lipinski definition) is 6. The van der Waals surface area contributed by atoms with Crippen molar-refractivity contribution in [1.82, 2.24) is 10.6 Å². The number of hydrogen-bond donors (Lipinski definition) is 2. The highest BCUT2D eigenvalue weighted by Crippen LogP contribution is 2.05. The Kier molecular flexibility index (Phi) is 6.13. The zero-order valence-electron chi connectivity index (χ0n) is 11.4. The van der Waals surface area contributed by atoms with Gasteiger partial charge in [0.1, 0.15) is 0 Å². The Bertz CT molecular complexity index is 274. The predicted molar refractivity (Wildman–Crippen MR) is 67.9 cm³/mol. The van der Waals surface area contributed by atoms with Gasteiger partial charge >= 0.3 is 0 Å². The van der Waals surface area contributed by atoms with E-state index in [0.717, 1.165) is 0 Å². The molecule has 0 aliphatic heterocycles. The second-order valence-electron chi connectivity index (χ2n) is 5.49. The Balaban J connectivity index is 3.71. The fraction of sp³-hybridized carbons (Fsp3) is 1.00. The maximum absolute atomic E-state index is 10.6. The van der Waals surface area contributed by atoms with Gasteiger partial charge in [0.05, 0.1) is 13.1 Å². The summed E-state index contributed by atoms with van der Waals surface area (Å²) >= 11 is 0. The lowest BCUT2D eigenvalue weighted by molar-refractivity contribution is -0.558. The second-order valence-corrected chi connectivity index (χ2v) is 5.49. The van der Waals surface area contributed by atoms with Crippen molar-refractivity contribution in [3.05, 3.63) is 20.2 Å². The van der Waals surface area contributed by atoms with E-state index in [4.69, 9.17) is 0 Å². The first kappa shape index (κ1) is 16.7. The Labute approximate surface area is 106 Å². The molecule has 0 radical (unpaired) electrons. The van der Waals surface area contributed by atoms with E-state index in [9.17, 15) is 20.2 Å². The lowest BCUT2D eigenvalue weighted by atomic mass is 10.1. The van der Waals surface area contributed by atoms with E-state index >= 15 is 0 Å². The molecule has 0 rings (SSSR count). The first-order valence-electron chi connectivity index (χ1n) is 5.80. The number of nitrogens with zero attached hydrogens (tertiary/aromatic N) is 2. The Morgan fingerprint density at radius 2 is 1.11 bits per heavy atom. The van der Waals surface area contributed by atoms with Crippen LogP contribution in [0.1, 0.15) is 27.7 Å². The van der Waals surface area contributed by atoms with Gasteiger partial charge in [-0.1, -0.05) is 0 Å². The van der Waals surface area contributed by atoms with Crippen molar-refractivity contribution in [2.24, 2.45) is 0 Å². The van der Waals surface area contributed by atoms with Crippen molar-refractivity contribution in [3.63, 3.8) is 0 Å². The van der Waals surface area contributed by atoms with Crippen LogP contribution in [-0.2, 0) is 0 Å². The third-order valence-corrected chi connectivity index (χ3v) is 2.58. The quantitative estimate of drug-likeness (QED) is 0.351. The molecule has 0 amide bonds. The molecule has 0 bridgehead atoms. The van der Waals surface area contributed by atoms with Gasteiger partial charge in [-0.3, -0.25) is 20.2 Å². The largest absolute Gasteiger partial charge is 0.309 e. The Morgan fingerprint density at radius 3 is 1.33 bits per heavy atom. The second kappa shape index (κ2) is 6.60. The van der Waals surface area contributed by atoms with E-state index in [-0.39, 0.29) is 22.9 Å². The molecule has 0 aliphatic carbocycles. The van der Waals surface area contributed by atoms with Crippen LogP contribution in [-0.4, -0.2) is 47.1 Å². The highest BCUT2D eigenvalue weighted by Gasteiger charge is 2.30. The van der Waals surface area contributed by atoms with E-state index in [1.54, 1.807) is 27.7 Å². The standard InChI is InChI=1S/C10H22N4O4/c1-9(2,13(15)16)7-11-5-6-12-8-10(3,4)14(17)18/h11-12H,5-8H2,1-4H3. The Morgan fingerprint density at radius 1 is 0.833 bits per heavy atom. The average molecular weight is 262 g/mol. The first-order valence-corrected chi connectivity index (χ1v) is 5.80. The summed E-state index contributed by atoms with van der Waals surface area (Å²) in [5, 5.41) is 27.1. The molecule has 8 nitrogen and oxygen atoms in total. The summed E-state index contributed by atoms with van der Waals surface area (Å²) in [6.45, 7) is 7.77. The van der Waals surface area contributed by atoms with Gasteiger partial charge in [0, 0.05) is 50.6 Å². The number of rotatable bonds is 9. The Hall–Kier alpha value is -1.28. The zero-order chi connectivity index (χ0) is 14.4. The van der Waals surface area contributed by atoms with Gasteiger partial charge in [-0.05, 0) is 0 Å². The molecule has 0 aromatic rings. The van der Waals surface area contributed by atoms with Crippen molar-refractivity contribution in [1.29, 1.82) is 0 Å². The van der Waals surface area contributed by atoms with Gasteiger partial charge in [-0.2, -0.15) is 0 Å². The van der Waals surface area contributed by atoms with E-state index in [1.165, 1.54) is 0 Å². The minimum Gasteiger partial charge on any atom is -0.309 e. The molecule has 0 unspecified atom stereocenters. The average Bonchev–Trinajstić information content (AvgIpc) is 2.22. The van der Waals surface area contributed by atoms with Crippen LogP contribution in [0, 0.1) is 20.2 Å². The molecule has 0 atom stereocenters. The van der Waals surface area contributed by atoms with Crippen molar-refractivity contribution >= 4 is 0 Å². The minimum atomic E-state index is -1.000. The summed E-state index contributed by atoms with van der Waals surface area (Å²) < 4.78 is 0. The SMILES string of the molecule is CC(C)(CNCCNCC(C)(C)[N+](=O)[O-])[N+](=O)[O-]. The highest BCUT2D eigenvalue weighted by atomic mass is 16.6. The molecular formula is C10H22N4O4. The van der Waals surface area contributed by atoms with Crippen LogP contribution in [0.3, 0.4) is 0 Å². The third kappa shape index (κ3) is 5.87. The normalized spacial score (nSPS) is 12.4. The monoisotopic (exact) mass is 262 g/mol. The molecule has 0 saturated heterocycles. The van der Waals surface area contributed by atoms with Crippen LogP contribution in [0.4, 0.5) is 0 Å². The van der Waals surface area contributed by atoms with Crippen LogP contribution >= 0.6 is 0 Å². The minimum absolute atomic E-state index is 0.264. The fourth-order valence-corrected chi connectivity index (χ4v) is 1.09. The molecule has 8 heteroatoms. The number of nitro groups is 2. The molecule has 0 aliphatic rings. The molecule has 0 aromatic heterocycles. The first-order chi connectivity index (χ1) is 8.09. The van der Waals surface area contributed by atoms with Gasteiger partial charge in [0.2, 0.25) is 11.1 Å².